The molecule has 0 bridgehead atoms. The topological polar surface area (TPSA) is 87.7 Å². The van der Waals surface area contributed by atoms with E-state index < -0.39 is 23.4 Å². The van der Waals surface area contributed by atoms with Crippen LogP contribution in [0.3, 0.4) is 0 Å². The van der Waals surface area contributed by atoms with E-state index in [1.807, 2.05) is 25.1 Å². The van der Waals surface area contributed by atoms with Crippen molar-refractivity contribution in [3.8, 4) is 5.75 Å². The highest BCUT2D eigenvalue weighted by molar-refractivity contribution is 9.10. The number of halogens is 1. The minimum absolute atomic E-state index is 0.344. The summed E-state index contributed by atoms with van der Waals surface area (Å²) in [6, 6.07) is 13.7. The molecule has 0 aliphatic carbocycles. The van der Waals surface area contributed by atoms with Crippen molar-refractivity contribution < 1.29 is 19.1 Å². The number of carbonyl (C=O) groups excluding carboxylic acids is 3. The van der Waals surface area contributed by atoms with E-state index in [0.29, 0.717) is 27.2 Å². The van der Waals surface area contributed by atoms with Gasteiger partial charge in [0.1, 0.15) is 11.3 Å². The van der Waals surface area contributed by atoms with Crippen LogP contribution >= 0.6 is 15.9 Å². The van der Waals surface area contributed by atoms with E-state index in [2.05, 4.69) is 26.7 Å². The number of urea groups is 1. The van der Waals surface area contributed by atoms with Crippen molar-refractivity contribution in [2.45, 2.75) is 25.8 Å². The Morgan fingerprint density at radius 3 is 2.57 bits per heavy atom. The van der Waals surface area contributed by atoms with Gasteiger partial charge < -0.3 is 10.1 Å². The first-order valence-electron chi connectivity index (χ1n) is 8.78. The SMILES string of the molecule is CC[C@@]1(c2ccccc2)NC(=O)N(NC(=O)COc2ccc(C)cc2Br)C1=O. The molecule has 4 amide bonds. The molecule has 0 spiro atoms. The number of nitrogens with one attached hydrogen (secondary N) is 2. The lowest BCUT2D eigenvalue weighted by Crippen LogP contribution is -2.49. The first-order chi connectivity index (χ1) is 13.4. The zero-order chi connectivity index (χ0) is 20.3. The summed E-state index contributed by atoms with van der Waals surface area (Å²) >= 11 is 3.37. The van der Waals surface area contributed by atoms with Gasteiger partial charge in [-0.15, -0.1) is 0 Å². The van der Waals surface area contributed by atoms with Gasteiger partial charge in [-0.1, -0.05) is 43.3 Å². The molecule has 1 aliphatic rings. The number of carbonyl (C=O) groups is 3. The van der Waals surface area contributed by atoms with Gasteiger partial charge in [-0.25, -0.2) is 4.79 Å². The Labute approximate surface area is 171 Å². The molecule has 146 valence electrons. The molecule has 0 unspecified atom stereocenters. The largest absolute Gasteiger partial charge is 0.483 e. The van der Waals surface area contributed by atoms with Crippen LogP contribution in [0.2, 0.25) is 0 Å². The number of benzene rings is 2. The predicted molar refractivity (Wildman–Crippen MR) is 106 cm³/mol. The Morgan fingerprint density at radius 2 is 1.93 bits per heavy atom. The van der Waals surface area contributed by atoms with E-state index in [1.54, 1.807) is 37.3 Å². The molecular formula is C20H20BrN3O4. The lowest BCUT2D eigenvalue weighted by molar-refractivity contribution is -0.140. The second-order valence-electron chi connectivity index (χ2n) is 6.45. The average molecular weight is 446 g/mol. The fourth-order valence-corrected chi connectivity index (χ4v) is 3.67. The molecule has 1 heterocycles. The Hall–Kier alpha value is -2.87. The number of aryl methyl sites for hydroxylation is 1. The maximum atomic E-state index is 13.0. The molecule has 2 aromatic rings. The molecule has 2 N–H and O–H groups in total. The summed E-state index contributed by atoms with van der Waals surface area (Å²) in [7, 11) is 0. The number of ether oxygens (including phenoxy) is 1. The van der Waals surface area contributed by atoms with Gasteiger partial charge in [0.15, 0.2) is 6.61 Å². The highest BCUT2D eigenvalue weighted by Crippen LogP contribution is 2.31. The van der Waals surface area contributed by atoms with Crippen LogP contribution in [-0.2, 0) is 15.1 Å². The summed E-state index contributed by atoms with van der Waals surface area (Å²) in [6.45, 7) is 3.39. The van der Waals surface area contributed by atoms with E-state index in [-0.39, 0.29) is 6.61 Å². The summed E-state index contributed by atoms with van der Waals surface area (Å²) in [5.74, 6) is -0.655. The fourth-order valence-electron chi connectivity index (χ4n) is 3.06. The van der Waals surface area contributed by atoms with E-state index >= 15 is 0 Å². The quantitative estimate of drug-likeness (QED) is 0.668. The van der Waals surface area contributed by atoms with Crippen LogP contribution in [0.15, 0.2) is 53.0 Å². The molecule has 3 rings (SSSR count). The molecule has 7 nitrogen and oxygen atoms in total. The minimum Gasteiger partial charge on any atom is -0.483 e. The van der Waals surface area contributed by atoms with Gasteiger partial charge in [0.05, 0.1) is 4.47 Å². The van der Waals surface area contributed by atoms with Crippen molar-refractivity contribution >= 4 is 33.8 Å². The molecule has 8 heteroatoms. The lowest BCUT2D eigenvalue weighted by Gasteiger charge is -2.25. The maximum absolute atomic E-state index is 13.0. The predicted octanol–water partition coefficient (Wildman–Crippen LogP) is 3.02. The van der Waals surface area contributed by atoms with Crippen molar-refractivity contribution in [3.63, 3.8) is 0 Å². The van der Waals surface area contributed by atoms with Crippen molar-refractivity contribution in [2.24, 2.45) is 0 Å². The number of imide groups is 1. The van der Waals surface area contributed by atoms with Crippen LogP contribution < -0.4 is 15.5 Å². The van der Waals surface area contributed by atoms with Crippen LogP contribution in [0.1, 0.15) is 24.5 Å². The minimum atomic E-state index is -1.20. The standard InChI is InChI=1S/C20H20BrN3O4/c1-3-20(14-7-5-4-6-8-14)18(26)24(19(27)22-20)23-17(25)12-28-16-10-9-13(2)11-15(16)21/h4-11H,3,12H2,1-2H3,(H,22,27)(H,23,25)/t20-/m0/s1. The summed E-state index contributed by atoms with van der Waals surface area (Å²) in [5.41, 5.74) is 2.83. The van der Waals surface area contributed by atoms with Crippen molar-refractivity contribution in [3.05, 3.63) is 64.1 Å². The lowest BCUT2D eigenvalue weighted by atomic mass is 9.87. The zero-order valence-corrected chi connectivity index (χ0v) is 17.1. The number of hydrogen-bond donors (Lipinski definition) is 2. The molecule has 2 aromatic carbocycles. The summed E-state index contributed by atoms with van der Waals surface area (Å²) in [5, 5.41) is 3.42. The third-order valence-electron chi connectivity index (χ3n) is 4.57. The Morgan fingerprint density at radius 1 is 1.21 bits per heavy atom. The Balaban J connectivity index is 1.69. The van der Waals surface area contributed by atoms with Gasteiger partial charge in [0.25, 0.3) is 11.8 Å². The third-order valence-corrected chi connectivity index (χ3v) is 5.19. The van der Waals surface area contributed by atoms with Gasteiger partial charge in [-0.2, -0.15) is 5.01 Å². The Bertz CT molecular complexity index is 919. The van der Waals surface area contributed by atoms with Crippen LogP contribution in [0, 0.1) is 6.92 Å². The van der Waals surface area contributed by atoms with Crippen molar-refractivity contribution in [1.82, 2.24) is 15.8 Å². The molecule has 1 aliphatic heterocycles. The summed E-state index contributed by atoms with van der Waals surface area (Å²) in [6.07, 6.45) is 0.348. The molecule has 28 heavy (non-hydrogen) atoms. The molecule has 1 atom stereocenters. The van der Waals surface area contributed by atoms with Gasteiger partial charge in [-0.05, 0) is 52.5 Å². The van der Waals surface area contributed by atoms with Crippen molar-refractivity contribution in [1.29, 1.82) is 0 Å². The Kier molecular flexibility index (Phi) is 5.69. The van der Waals surface area contributed by atoms with E-state index in [4.69, 9.17) is 4.74 Å². The van der Waals surface area contributed by atoms with Gasteiger partial charge in [0.2, 0.25) is 0 Å². The maximum Gasteiger partial charge on any atom is 0.344 e. The number of hydrazine groups is 1. The summed E-state index contributed by atoms with van der Waals surface area (Å²) in [4.78, 5) is 37.6. The average Bonchev–Trinajstić information content (AvgIpc) is 2.93. The van der Waals surface area contributed by atoms with E-state index in [9.17, 15) is 14.4 Å². The van der Waals surface area contributed by atoms with Crippen LogP contribution in [-0.4, -0.2) is 29.5 Å². The molecule has 0 saturated carbocycles. The highest BCUT2D eigenvalue weighted by Gasteiger charge is 2.52. The van der Waals surface area contributed by atoms with Gasteiger partial charge in [0, 0.05) is 0 Å². The first kappa shape index (κ1) is 19.9. The van der Waals surface area contributed by atoms with E-state index in [1.165, 1.54) is 0 Å². The molecule has 1 saturated heterocycles. The number of nitrogens with zero attached hydrogens (tertiary/aromatic N) is 1. The molecular weight excluding hydrogens is 426 g/mol. The number of amides is 4. The first-order valence-corrected chi connectivity index (χ1v) is 9.57. The van der Waals surface area contributed by atoms with Crippen LogP contribution in [0.25, 0.3) is 0 Å². The second-order valence-corrected chi connectivity index (χ2v) is 7.31. The smallest absolute Gasteiger partial charge is 0.344 e. The number of rotatable bonds is 6. The molecule has 0 radical (unpaired) electrons. The van der Waals surface area contributed by atoms with Crippen LogP contribution in [0.5, 0.6) is 5.75 Å². The normalized spacial score (nSPS) is 18.8. The van der Waals surface area contributed by atoms with Gasteiger partial charge in [-0.3, -0.25) is 15.0 Å². The highest BCUT2D eigenvalue weighted by atomic mass is 79.9. The monoisotopic (exact) mass is 445 g/mol. The van der Waals surface area contributed by atoms with Crippen molar-refractivity contribution in [2.75, 3.05) is 6.61 Å². The molecule has 0 aromatic heterocycles. The molecule has 1 fully saturated rings. The van der Waals surface area contributed by atoms with Gasteiger partial charge >= 0.3 is 6.03 Å². The third kappa shape index (κ3) is 3.73. The zero-order valence-electron chi connectivity index (χ0n) is 15.5. The number of hydrogen-bond acceptors (Lipinski definition) is 4. The van der Waals surface area contributed by atoms with Crippen LogP contribution in [0.4, 0.5) is 4.79 Å². The van der Waals surface area contributed by atoms with E-state index in [0.717, 1.165) is 5.56 Å². The fraction of sp³-hybridized carbons (Fsp3) is 0.250. The summed E-state index contributed by atoms with van der Waals surface area (Å²) < 4.78 is 6.18. The second kappa shape index (κ2) is 8.02.